The van der Waals surface area contributed by atoms with Crippen LogP contribution in [-0.2, 0) is 11.3 Å². The molecule has 0 aromatic heterocycles. The lowest BCUT2D eigenvalue weighted by molar-refractivity contribution is -0.00000612. The molecule has 1 aromatic rings. The minimum atomic E-state index is 0. The second-order valence-corrected chi connectivity index (χ2v) is 5.22. The normalized spacial score (nSPS) is 17.4. The first-order valence-electron chi connectivity index (χ1n) is 7.06. The summed E-state index contributed by atoms with van der Waals surface area (Å²) in [5.41, 5.74) is 1.08. The minimum absolute atomic E-state index is 0. The summed E-state index contributed by atoms with van der Waals surface area (Å²) in [6, 6.07) is 3.87. The third-order valence-corrected chi connectivity index (χ3v) is 3.58. The van der Waals surface area contributed by atoms with E-state index in [-0.39, 0.29) is 12.4 Å². The van der Waals surface area contributed by atoms with Gasteiger partial charge in [-0.15, -0.1) is 0 Å². The van der Waals surface area contributed by atoms with Crippen LogP contribution in [0.5, 0.6) is 11.5 Å². The zero-order chi connectivity index (χ0) is 14.4. The van der Waals surface area contributed by atoms with Crippen LogP contribution in [0.15, 0.2) is 12.1 Å². The first kappa shape index (κ1) is 18.4. The summed E-state index contributed by atoms with van der Waals surface area (Å²) >= 11 is 6.24. The van der Waals surface area contributed by atoms with E-state index in [1.807, 2.05) is 19.1 Å². The maximum absolute atomic E-state index is 6.24. The largest absolute Gasteiger partial charge is 1.00 e. The van der Waals surface area contributed by atoms with E-state index >= 15 is 0 Å². The van der Waals surface area contributed by atoms with Gasteiger partial charge >= 0.3 is 0 Å². The van der Waals surface area contributed by atoms with Crippen LogP contribution >= 0.6 is 11.6 Å². The molecule has 1 unspecified atom stereocenters. The summed E-state index contributed by atoms with van der Waals surface area (Å²) < 4.78 is 16.4. The van der Waals surface area contributed by atoms with Crippen molar-refractivity contribution in [1.29, 1.82) is 0 Å². The van der Waals surface area contributed by atoms with Crippen molar-refractivity contribution in [3.05, 3.63) is 22.7 Å². The molecular formula is C15H22Cl2NO3-. The molecule has 0 bridgehead atoms. The molecule has 1 saturated heterocycles. The molecule has 0 radical (unpaired) electrons. The Bertz CT molecular complexity index is 437. The minimum Gasteiger partial charge on any atom is -1.00 e. The molecule has 2 rings (SSSR count). The average molecular weight is 335 g/mol. The summed E-state index contributed by atoms with van der Waals surface area (Å²) in [5, 5.41) is 3.98. The third-order valence-electron chi connectivity index (χ3n) is 3.30. The third kappa shape index (κ3) is 5.22. The Hall–Kier alpha value is -0.680. The molecule has 6 heteroatoms. The predicted molar refractivity (Wildman–Crippen MR) is 79.9 cm³/mol. The second kappa shape index (κ2) is 9.36. The fourth-order valence-electron chi connectivity index (χ4n) is 2.34. The smallest absolute Gasteiger partial charge is 0.179 e. The summed E-state index contributed by atoms with van der Waals surface area (Å²) in [5.74, 6) is 1.29. The van der Waals surface area contributed by atoms with Crippen molar-refractivity contribution in [2.24, 2.45) is 0 Å². The van der Waals surface area contributed by atoms with Crippen molar-refractivity contribution in [3.8, 4) is 11.5 Å². The number of hydrogen-bond donors (Lipinski definition) is 1. The van der Waals surface area contributed by atoms with E-state index in [1.165, 1.54) is 0 Å². The molecule has 0 amide bonds. The Morgan fingerprint density at radius 2 is 2.24 bits per heavy atom. The van der Waals surface area contributed by atoms with Crippen LogP contribution in [0.25, 0.3) is 0 Å². The Morgan fingerprint density at radius 3 is 2.86 bits per heavy atom. The van der Waals surface area contributed by atoms with Crippen molar-refractivity contribution in [2.45, 2.75) is 32.4 Å². The van der Waals surface area contributed by atoms with E-state index in [0.29, 0.717) is 29.2 Å². The van der Waals surface area contributed by atoms with Crippen LogP contribution in [0.2, 0.25) is 5.02 Å². The predicted octanol–water partition coefficient (Wildman–Crippen LogP) is 0.0199. The maximum atomic E-state index is 6.24. The highest BCUT2D eigenvalue weighted by atomic mass is 35.5. The molecule has 1 aliphatic rings. The van der Waals surface area contributed by atoms with Gasteiger partial charge in [-0.1, -0.05) is 11.6 Å². The van der Waals surface area contributed by atoms with E-state index in [9.17, 15) is 0 Å². The number of hydrogen-bond acceptors (Lipinski definition) is 4. The van der Waals surface area contributed by atoms with Crippen molar-refractivity contribution in [2.75, 3.05) is 26.9 Å². The lowest BCUT2D eigenvalue weighted by Crippen LogP contribution is -3.00. The highest BCUT2D eigenvalue weighted by Gasteiger charge is 2.15. The summed E-state index contributed by atoms with van der Waals surface area (Å²) in [6.07, 6.45) is 2.64. The molecule has 1 N–H and O–H groups in total. The van der Waals surface area contributed by atoms with Gasteiger partial charge in [0.2, 0.25) is 0 Å². The SMILES string of the molecule is CCOc1c(Cl)cc(CNCC2CCCO2)cc1OC.[Cl-]. The van der Waals surface area contributed by atoms with Crippen LogP contribution < -0.4 is 27.2 Å². The van der Waals surface area contributed by atoms with Crippen LogP contribution in [0.1, 0.15) is 25.3 Å². The van der Waals surface area contributed by atoms with Gasteiger partial charge in [-0.2, -0.15) is 0 Å². The van der Waals surface area contributed by atoms with Crippen molar-refractivity contribution < 1.29 is 26.6 Å². The first-order chi connectivity index (χ1) is 9.74. The number of ether oxygens (including phenoxy) is 3. The molecular weight excluding hydrogens is 313 g/mol. The zero-order valence-corrected chi connectivity index (χ0v) is 14.0. The number of methoxy groups -OCH3 is 1. The van der Waals surface area contributed by atoms with E-state index < -0.39 is 0 Å². The topological polar surface area (TPSA) is 39.7 Å². The van der Waals surface area contributed by atoms with Gasteiger partial charge < -0.3 is 31.9 Å². The van der Waals surface area contributed by atoms with Crippen molar-refractivity contribution in [1.82, 2.24) is 5.32 Å². The molecule has 0 aliphatic carbocycles. The first-order valence-corrected chi connectivity index (χ1v) is 7.44. The Balaban J connectivity index is 0.00000220. The standard InChI is InChI=1S/C15H22ClNO3.ClH/c1-3-19-15-13(16)7-11(8-14(15)18-2)9-17-10-12-5-4-6-20-12;/h7-8,12,17H,3-6,9-10H2,1-2H3;1H/p-1. The van der Waals surface area contributed by atoms with Gasteiger partial charge in [0, 0.05) is 19.7 Å². The fraction of sp³-hybridized carbons (Fsp3) is 0.600. The monoisotopic (exact) mass is 334 g/mol. The van der Waals surface area contributed by atoms with E-state index in [2.05, 4.69) is 5.32 Å². The van der Waals surface area contributed by atoms with Gasteiger partial charge in [0.05, 0.1) is 24.8 Å². The Labute approximate surface area is 137 Å². The van der Waals surface area contributed by atoms with Crippen molar-refractivity contribution >= 4 is 11.6 Å². The highest BCUT2D eigenvalue weighted by Crippen LogP contribution is 2.36. The number of halogens is 2. The molecule has 4 nitrogen and oxygen atoms in total. The average Bonchev–Trinajstić information content (AvgIpc) is 2.94. The van der Waals surface area contributed by atoms with Crippen LogP contribution in [0.4, 0.5) is 0 Å². The molecule has 120 valence electrons. The molecule has 1 atom stereocenters. The van der Waals surface area contributed by atoms with E-state index in [4.69, 9.17) is 25.8 Å². The fourth-order valence-corrected chi connectivity index (χ4v) is 2.63. The van der Waals surface area contributed by atoms with Gasteiger partial charge in [0.1, 0.15) is 0 Å². The van der Waals surface area contributed by atoms with Crippen molar-refractivity contribution in [3.63, 3.8) is 0 Å². The molecule has 1 heterocycles. The maximum Gasteiger partial charge on any atom is 0.179 e. The number of rotatable bonds is 7. The van der Waals surface area contributed by atoms with Gasteiger partial charge in [0.25, 0.3) is 0 Å². The quantitative estimate of drug-likeness (QED) is 0.763. The van der Waals surface area contributed by atoms with Gasteiger partial charge in [-0.05, 0) is 37.5 Å². The van der Waals surface area contributed by atoms with Gasteiger partial charge in [0.15, 0.2) is 11.5 Å². The lowest BCUT2D eigenvalue weighted by Gasteiger charge is -2.14. The van der Waals surface area contributed by atoms with E-state index in [0.717, 1.165) is 38.1 Å². The van der Waals surface area contributed by atoms with E-state index in [1.54, 1.807) is 7.11 Å². The zero-order valence-electron chi connectivity index (χ0n) is 12.5. The second-order valence-electron chi connectivity index (χ2n) is 4.81. The van der Waals surface area contributed by atoms with Gasteiger partial charge in [-0.3, -0.25) is 0 Å². The lowest BCUT2D eigenvalue weighted by atomic mass is 10.2. The molecule has 0 spiro atoms. The number of benzene rings is 1. The Kier molecular flexibility index (Phi) is 8.19. The van der Waals surface area contributed by atoms with Gasteiger partial charge in [-0.25, -0.2) is 0 Å². The summed E-state index contributed by atoms with van der Waals surface area (Å²) in [4.78, 5) is 0. The van der Waals surface area contributed by atoms with Crippen LogP contribution in [0.3, 0.4) is 0 Å². The molecule has 1 fully saturated rings. The summed E-state index contributed by atoms with van der Waals surface area (Å²) in [7, 11) is 1.62. The molecule has 21 heavy (non-hydrogen) atoms. The molecule has 0 saturated carbocycles. The van der Waals surface area contributed by atoms with Crippen LogP contribution in [0, 0.1) is 0 Å². The summed E-state index contributed by atoms with van der Waals surface area (Å²) in [6.45, 7) is 4.98. The Morgan fingerprint density at radius 1 is 1.43 bits per heavy atom. The molecule has 1 aliphatic heterocycles. The number of nitrogens with one attached hydrogen (secondary N) is 1. The molecule has 1 aromatic carbocycles. The van der Waals surface area contributed by atoms with Crippen LogP contribution in [-0.4, -0.2) is 33.0 Å². The highest BCUT2D eigenvalue weighted by molar-refractivity contribution is 6.32.